The van der Waals surface area contributed by atoms with E-state index in [1.165, 1.54) is 23.5 Å². The van der Waals surface area contributed by atoms with Crippen molar-refractivity contribution in [2.75, 3.05) is 26.2 Å². The number of aryl methyl sites for hydroxylation is 1. The van der Waals surface area contributed by atoms with Crippen LogP contribution in [0.2, 0.25) is 0 Å². The first kappa shape index (κ1) is 18.1. The fourth-order valence-corrected chi connectivity index (χ4v) is 3.88. The summed E-state index contributed by atoms with van der Waals surface area (Å²) in [6.07, 6.45) is 0. The Hall–Kier alpha value is -2.74. The third kappa shape index (κ3) is 3.45. The van der Waals surface area contributed by atoms with Crippen molar-refractivity contribution in [1.29, 1.82) is 0 Å². The van der Waals surface area contributed by atoms with Gasteiger partial charge in [0.2, 0.25) is 0 Å². The number of thiophene rings is 1. The van der Waals surface area contributed by atoms with Gasteiger partial charge in [-0.1, -0.05) is 6.07 Å². The molecule has 8 heteroatoms. The van der Waals surface area contributed by atoms with Crippen molar-refractivity contribution in [3.63, 3.8) is 0 Å². The average molecular weight is 373 g/mol. The average Bonchev–Trinajstić information content (AvgIpc) is 3.07. The van der Waals surface area contributed by atoms with Crippen LogP contribution in [0.4, 0.5) is 5.69 Å². The molecule has 3 rings (SSSR count). The van der Waals surface area contributed by atoms with E-state index in [9.17, 15) is 19.7 Å². The minimum absolute atomic E-state index is 0.0123. The number of rotatable bonds is 3. The SMILES string of the molecule is Cc1ccc(C(=O)N2CCN(C(=O)c3cccc([N+](=O)[O-])c3C)CC2)s1. The van der Waals surface area contributed by atoms with Gasteiger partial charge < -0.3 is 9.80 Å². The lowest BCUT2D eigenvalue weighted by molar-refractivity contribution is -0.385. The monoisotopic (exact) mass is 373 g/mol. The van der Waals surface area contributed by atoms with Crippen molar-refractivity contribution in [2.45, 2.75) is 13.8 Å². The van der Waals surface area contributed by atoms with Crippen LogP contribution in [0, 0.1) is 24.0 Å². The summed E-state index contributed by atoms with van der Waals surface area (Å²) in [5, 5.41) is 11.1. The Labute approximate surface area is 155 Å². The number of piperazine rings is 1. The molecule has 1 aromatic carbocycles. The second kappa shape index (κ2) is 7.25. The van der Waals surface area contributed by atoms with Gasteiger partial charge in [0.1, 0.15) is 0 Å². The summed E-state index contributed by atoms with van der Waals surface area (Å²) in [7, 11) is 0. The molecule has 0 spiro atoms. The quantitative estimate of drug-likeness (QED) is 0.612. The van der Waals surface area contributed by atoms with Crippen molar-refractivity contribution < 1.29 is 14.5 Å². The smallest absolute Gasteiger partial charge is 0.273 e. The van der Waals surface area contributed by atoms with Crippen molar-refractivity contribution in [1.82, 2.24) is 9.80 Å². The van der Waals surface area contributed by atoms with Gasteiger partial charge in [-0.2, -0.15) is 0 Å². The van der Waals surface area contributed by atoms with E-state index < -0.39 is 4.92 Å². The first-order chi connectivity index (χ1) is 12.4. The van der Waals surface area contributed by atoms with Crippen molar-refractivity contribution in [2.24, 2.45) is 0 Å². The lowest BCUT2D eigenvalue weighted by Gasteiger charge is -2.34. The Morgan fingerprint density at radius 1 is 1.00 bits per heavy atom. The highest BCUT2D eigenvalue weighted by atomic mass is 32.1. The zero-order valence-electron chi connectivity index (χ0n) is 14.6. The molecule has 26 heavy (non-hydrogen) atoms. The molecule has 2 amide bonds. The lowest BCUT2D eigenvalue weighted by Crippen LogP contribution is -2.50. The van der Waals surface area contributed by atoms with Gasteiger partial charge in [0.25, 0.3) is 17.5 Å². The summed E-state index contributed by atoms with van der Waals surface area (Å²) in [6.45, 7) is 5.28. The van der Waals surface area contributed by atoms with E-state index >= 15 is 0 Å². The second-order valence-electron chi connectivity index (χ2n) is 6.20. The molecule has 0 radical (unpaired) electrons. The summed E-state index contributed by atoms with van der Waals surface area (Å²) in [4.78, 5) is 41.0. The maximum absolute atomic E-state index is 12.7. The van der Waals surface area contributed by atoms with Crippen LogP contribution in [-0.2, 0) is 0 Å². The molecule has 2 heterocycles. The van der Waals surface area contributed by atoms with Crippen LogP contribution < -0.4 is 0 Å². The maximum Gasteiger partial charge on any atom is 0.273 e. The Morgan fingerprint density at radius 2 is 1.62 bits per heavy atom. The third-order valence-electron chi connectivity index (χ3n) is 4.54. The van der Waals surface area contributed by atoms with Gasteiger partial charge in [-0.05, 0) is 32.0 Å². The minimum Gasteiger partial charge on any atom is -0.335 e. The fraction of sp³-hybridized carbons (Fsp3) is 0.333. The number of nitro groups is 1. The number of carbonyl (C=O) groups is 2. The highest BCUT2D eigenvalue weighted by molar-refractivity contribution is 7.13. The largest absolute Gasteiger partial charge is 0.335 e. The zero-order chi connectivity index (χ0) is 18.8. The van der Waals surface area contributed by atoms with Gasteiger partial charge in [0, 0.05) is 48.2 Å². The molecule has 7 nitrogen and oxygen atoms in total. The number of amides is 2. The topological polar surface area (TPSA) is 83.8 Å². The molecule has 0 aliphatic carbocycles. The predicted octanol–water partition coefficient (Wildman–Crippen LogP) is 2.87. The normalized spacial score (nSPS) is 14.4. The van der Waals surface area contributed by atoms with Crippen LogP contribution in [0.3, 0.4) is 0 Å². The first-order valence-electron chi connectivity index (χ1n) is 8.27. The Kier molecular flexibility index (Phi) is 5.03. The predicted molar refractivity (Wildman–Crippen MR) is 98.7 cm³/mol. The number of hydrogen-bond acceptors (Lipinski definition) is 5. The van der Waals surface area contributed by atoms with Crippen molar-refractivity contribution in [3.05, 3.63) is 61.3 Å². The third-order valence-corrected chi connectivity index (χ3v) is 5.53. The summed E-state index contributed by atoms with van der Waals surface area (Å²) < 4.78 is 0. The van der Waals surface area contributed by atoms with E-state index in [4.69, 9.17) is 0 Å². The Morgan fingerprint density at radius 3 is 2.15 bits per heavy atom. The molecule has 0 bridgehead atoms. The standard InChI is InChI=1S/C18H19N3O4S/c1-12-6-7-16(26-12)18(23)20-10-8-19(9-11-20)17(22)14-4-3-5-15(13(14)2)21(24)25/h3-7H,8-11H2,1-2H3. The van der Waals surface area contributed by atoms with Gasteiger partial charge >= 0.3 is 0 Å². The van der Waals surface area contributed by atoms with Crippen LogP contribution >= 0.6 is 11.3 Å². The fourth-order valence-electron chi connectivity index (χ4n) is 3.04. The van der Waals surface area contributed by atoms with Crippen LogP contribution in [0.15, 0.2) is 30.3 Å². The van der Waals surface area contributed by atoms with Gasteiger partial charge in [-0.15, -0.1) is 11.3 Å². The summed E-state index contributed by atoms with van der Waals surface area (Å²) in [6, 6.07) is 8.27. The summed E-state index contributed by atoms with van der Waals surface area (Å²) >= 11 is 1.46. The lowest BCUT2D eigenvalue weighted by atomic mass is 10.1. The highest BCUT2D eigenvalue weighted by Gasteiger charge is 2.28. The first-order valence-corrected chi connectivity index (χ1v) is 9.09. The molecule has 0 N–H and O–H groups in total. The molecule has 1 fully saturated rings. The molecule has 0 atom stereocenters. The van der Waals surface area contributed by atoms with E-state index in [0.717, 1.165) is 4.88 Å². The molecular weight excluding hydrogens is 354 g/mol. The zero-order valence-corrected chi connectivity index (χ0v) is 15.4. The van der Waals surface area contributed by atoms with Gasteiger partial charge in [0.15, 0.2) is 0 Å². The summed E-state index contributed by atoms with van der Waals surface area (Å²) in [5.41, 5.74) is 0.653. The number of hydrogen-bond donors (Lipinski definition) is 0. The second-order valence-corrected chi connectivity index (χ2v) is 7.49. The number of nitro benzene ring substituents is 1. The van der Waals surface area contributed by atoms with E-state index in [2.05, 4.69) is 0 Å². The molecule has 0 unspecified atom stereocenters. The van der Waals surface area contributed by atoms with Crippen molar-refractivity contribution in [3.8, 4) is 0 Å². The van der Waals surface area contributed by atoms with Crippen LogP contribution in [-0.4, -0.2) is 52.7 Å². The highest BCUT2D eigenvalue weighted by Crippen LogP contribution is 2.23. The molecule has 2 aromatic rings. The molecule has 136 valence electrons. The number of carbonyl (C=O) groups excluding carboxylic acids is 2. The van der Waals surface area contributed by atoms with Gasteiger partial charge in [0.05, 0.1) is 9.80 Å². The molecule has 0 saturated carbocycles. The molecular formula is C18H19N3O4S. The number of nitrogens with zero attached hydrogens (tertiary/aromatic N) is 3. The minimum atomic E-state index is -0.480. The van der Waals surface area contributed by atoms with E-state index in [0.29, 0.717) is 42.2 Å². The van der Waals surface area contributed by atoms with Crippen LogP contribution in [0.5, 0.6) is 0 Å². The molecule has 1 aliphatic rings. The Bertz CT molecular complexity index is 869. The molecule has 1 saturated heterocycles. The molecule has 1 aromatic heterocycles. The Balaban J connectivity index is 1.68. The van der Waals surface area contributed by atoms with Gasteiger partial charge in [-0.3, -0.25) is 19.7 Å². The van der Waals surface area contributed by atoms with E-state index in [-0.39, 0.29) is 17.5 Å². The van der Waals surface area contributed by atoms with E-state index in [1.54, 1.807) is 22.8 Å². The summed E-state index contributed by atoms with van der Waals surface area (Å²) in [5.74, 6) is -0.244. The molecule has 1 aliphatic heterocycles. The van der Waals surface area contributed by atoms with Gasteiger partial charge in [-0.25, -0.2) is 0 Å². The van der Waals surface area contributed by atoms with Crippen LogP contribution in [0.1, 0.15) is 30.5 Å². The number of benzene rings is 1. The maximum atomic E-state index is 12.7. The van der Waals surface area contributed by atoms with Crippen LogP contribution in [0.25, 0.3) is 0 Å². The van der Waals surface area contributed by atoms with E-state index in [1.807, 2.05) is 19.1 Å². The van der Waals surface area contributed by atoms with Crippen molar-refractivity contribution >= 4 is 28.8 Å².